The SMILES string of the molecule is COc1nsc(NC(=O)CN[C@@H](CC(C)C)C(=O)O)n1.O=C(O)[C@@H]1CCCN1. The zero-order valence-corrected chi connectivity index (χ0v) is 16.9. The van der Waals surface area contributed by atoms with Crippen LogP contribution >= 0.6 is 11.5 Å². The van der Waals surface area contributed by atoms with Crippen LogP contribution in [0.1, 0.15) is 33.1 Å². The summed E-state index contributed by atoms with van der Waals surface area (Å²) in [5.41, 5.74) is 0. The molecule has 0 aromatic carbocycles. The van der Waals surface area contributed by atoms with Crippen LogP contribution in [0.15, 0.2) is 0 Å². The molecule has 1 amide bonds. The molecule has 1 aliphatic rings. The molecule has 5 N–H and O–H groups in total. The lowest BCUT2D eigenvalue weighted by molar-refractivity contribution is -0.140. The number of rotatable bonds is 9. The Hall–Kier alpha value is -2.31. The second-order valence-corrected chi connectivity index (χ2v) is 7.27. The fraction of sp³-hybridized carbons (Fsp3) is 0.688. The van der Waals surface area contributed by atoms with E-state index in [4.69, 9.17) is 14.9 Å². The lowest BCUT2D eigenvalue weighted by Gasteiger charge is -2.15. The quantitative estimate of drug-likeness (QED) is 0.380. The lowest BCUT2D eigenvalue weighted by atomic mass is 10.0. The zero-order valence-electron chi connectivity index (χ0n) is 16.1. The van der Waals surface area contributed by atoms with Gasteiger partial charge in [-0.15, -0.1) is 4.37 Å². The summed E-state index contributed by atoms with van der Waals surface area (Å²) in [5.74, 6) is -1.84. The highest BCUT2D eigenvalue weighted by Gasteiger charge is 2.20. The number of aliphatic carboxylic acids is 2. The number of ether oxygens (including phenoxy) is 1. The van der Waals surface area contributed by atoms with Gasteiger partial charge in [-0.05, 0) is 31.7 Å². The third-order valence-electron chi connectivity index (χ3n) is 3.71. The second kappa shape index (κ2) is 12.2. The van der Waals surface area contributed by atoms with Gasteiger partial charge in [-0.25, -0.2) is 0 Å². The van der Waals surface area contributed by atoms with Gasteiger partial charge in [-0.3, -0.25) is 25.0 Å². The Kier molecular flexibility index (Phi) is 10.3. The van der Waals surface area contributed by atoms with E-state index in [1.807, 2.05) is 13.8 Å². The summed E-state index contributed by atoms with van der Waals surface area (Å²) in [5, 5.41) is 25.8. The molecule has 1 aromatic rings. The van der Waals surface area contributed by atoms with Gasteiger partial charge in [0, 0.05) is 11.5 Å². The highest BCUT2D eigenvalue weighted by molar-refractivity contribution is 7.10. The number of nitrogens with one attached hydrogen (secondary N) is 3. The van der Waals surface area contributed by atoms with Gasteiger partial charge in [0.15, 0.2) is 0 Å². The van der Waals surface area contributed by atoms with Crippen LogP contribution in [0.2, 0.25) is 0 Å². The molecule has 158 valence electrons. The average Bonchev–Trinajstić information content (AvgIpc) is 3.30. The summed E-state index contributed by atoms with van der Waals surface area (Å²) in [4.78, 5) is 36.7. The minimum absolute atomic E-state index is 0.106. The van der Waals surface area contributed by atoms with E-state index in [0.29, 0.717) is 11.6 Å². The third kappa shape index (κ3) is 9.06. The maximum absolute atomic E-state index is 11.7. The maximum Gasteiger partial charge on any atom is 0.329 e. The van der Waals surface area contributed by atoms with Crippen LogP contribution in [0.3, 0.4) is 0 Å². The van der Waals surface area contributed by atoms with Crippen molar-refractivity contribution < 1.29 is 29.3 Å². The number of carbonyl (C=O) groups excluding carboxylic acids is 1. The van der Waals surface area contributed by atoms with Crippen molar-refractivity contribution in [3.63, 3.8) is 0 Å². The number of hydrogen-bond donors (Lipinski definition) is 5. The van der Waals surface area contributed by atoms with E-state index in [0.717, 1.165) is 30.9 Å². The molecule has 1 fully saturated rings. The summed E-state index contributed by atoms with van der Waals surface area (Å²) in [6.45, 7) is 4.60. The molecule has 12 heteroatoms. The van der Waals surface area contributed by atoms with E-state index < -0.39 is 18.0 Å². The van der Waals surface area contributed by atoms with Crippen LogP contribution in [0.5, 0.6) is 6.01 Å². The fourth-order valence-corrected chi connectivity index (χ4v) is 2.92. The number of anilines is 1. The Morgan fingerprint density at radius 2 is 2.07 bits per heavy atom. The van der Waals surface area contributed by atoms with Gasteiger partial charge in [0.25, 0.3) is 0 Å². The molecule has 0 saturated carbocycles. The Bertz CT molecular complexity index is 647. The molecular weight excluding hydrogens is 390 g/mol. The van der Waals surface area contributed by atoms with Crippen molar-refractivity contribution in [2.24, 2.45) is 5.92 Å². The zero-order chi connectivity index (χ0) is 21.1. The molecule has 1 aliphatic heterocycles. The number of carboxylic acid groups (broad SMARTS) is 2. The van der Waals surface area contributed by atoms with Gasteiger partial charge in [-0.1, -0.05) is 13.8 Å². The Morgan fingerprint density at radius 3 is 2.50 bits per heavy atom. The van der Waals surface area contributed by atoms with E-state index >= 15 is 0 Å². The number of carboxylic acids is 2. The minimum Gasteiger partial charge on any atom is -0.480 e. The van der Waals surface area contributed by atoms with Crippen molar-refractivity contribution in [1.29, 1.82) is 0 Å². The maximum atomic E-state index is 11.7. The Balaban J connectivity index is 0.000000406. The molecule has 0 spiro atoms. The number of methoxy groups -OCH3 is 1. The standard InChI is InChI=1S/C11H18N4O4S.C5H9NO2/c1-6(2)4-7(9(17)18)12-5-8(16)13-11-14-10(19-3)15-20-11;7-5(8)4-2-1-3-6-4/h6-7,12H,4-5H2,1-3H3,(H,17,18)(H,13,14,15,16);4,6H,1-3H2,(H,7,8)/t7-;4-/m00/s1. The summed E-state index contributed by atoms with van der Waals surface area (Å²) in [7, 11) is 1.43. The molecule has 0 aliphatic carbocycles. The summed E-state index contributed by atoms with van der Waals surface area (Å²) in [6, 6.07) is -0.832. The lowest BCUT2D eigenvalue weighted by Crippen LogP contribution is -2.42. The first-order chi connectivity index (χ1) is 13.2. The predicted molar refractivity (Wildman–Crippen MR) is 103 cm³/mol. The van der Waals surface area contributed by atoms with Crippen LogP contribution in [0.25, 0.3) is 0 Å². The van der Waals surface area contributed by atoms with Crippen molar-refractivity contribution in [2.45, 2.75) is 45.2 Å². The number of hydrogen-bond acceptors (Lipinski definition) is 9. The van der Waals surface area contributed by atoms with Gasteiger partial charge >= 0.3 is 17.9 Å². The highest BCUT2D eigenvalue weighted by atomic mass is 32.1. The van der Waals surface area contributed by atoms with E-state index in [9.17, 15) is 14.4 Å². The monoisotopic (exact) mass is 417 g/mol. The van der Waals surface area contributed by atoms with E-state index in [2.05, 4.69) is 25.3 Å². The molecule has 1 saturated heterocycles. The van der Waals surface area contributed by atoms with Crippen LogP contribution in [0.4, 0.5) is 5.13 Å². The van der Waals surface area contributed by atoms with E-state index in [1.54, 1.807) is 0 Å². The molecular formula is C16H27N5O6S. The van der Waals surface area contributed by atoms with E-state index in [-0.39, 0.29) is 30.4 Å². The van der Waals surface area contributed by atoms with E-state index in [1.165, 1.54) is 7.11 Å². The molecule has 0 unspecified atom stereocenters. The molecule has 11 nitrogen and oxygen atoms in total. The first-order valence-electron chi connectivity index (χ1n) is 8.82. The average molecular weight is 417 g/mol. The molecule has 0 radical (unpaired) electrons. The van der Waals surface area contributed by atoms with Gasteiger partial charge in [-0.2, -0.15) is 4.98 Å². The van der Waals surface area contributed by atoms with Crippen molar-refractivity contribution >= 4 is 34.5 Å². The van der Waals surface area contributed by atoms with Crippen LogP contribution in [0, 0.1) is 5.92 Å². The number of carbonyl (C=O) groups is 3. The molecule has 1 aromatic heterocycles. The first-order valence-corrected chi connectivity index (χ1v) is 9.60. The van der Waals surface area contributed by atoms with Crippen molar-refractivity contribution in [3.05, 3.63) is 0 Å². The second-order valence-electron chi connectivity index (χ2n) is 6.52. The van der Waals surface area contributed by atoms with Crippen molar-refractivity contribution in [3.8, 4) is 6.01 Å². The van der Waals surface area contributed by atoms with Crippen molar-refractivity contribution in [1.82, 2.24) is 20.0 Å². The van der Waals surface area contributed by atoms with Crippen molar-refractivity contribution in [2.75, 3.05) is 25.5 Å². The first kappa shape index (κ1) is 23.7. The predicted octanol–water partition coefficient (Wildman–Crippen LogP) is 0.397. The summed E-state index contributed by atoms with van der Waals surface area (Å²) >= 11 is 0.992. The third-order valence-corrected chi connectivity index (χ3v) is 4.32. The van der Waals surface area contributed by atoms with Gasteiger partial charge in [0.1, 0.15) is 12.1 Å². The minimum atomic E-state index is -0.968. The number of amides is 1. The summed E-state index contributed by atoms with van der Waals surface area (Å²) < 4.78 is 8.62. The molecule has 2 rings (SSSR count). The topological polar surface area (TPSA) is 163 Å². The smallest absolute Gasteiger partial charge is 0.329 e. The van der Waals surface area contributed by atoms with Gasteiger partial charge < -0.3 is 20.3 Å². The van der Waals surface area contributed by atoms with Gasteiger partial charge in [0.2, 0.25) is 11.0 Å². The fourth-order valence-electron chi connectivity index (χ4n) is 2.36. The Labute approximate surface area is 167 Å². The van der Waals surface area contributed by atoms with Crippen LogP contribution in [-0.2, 0) is 14.4 Å². The largest absolute Gasteiger partial charge is 0.480 e. The molecule has 2 atom stereocenters. The highest BCUT2D eigenvalue weighted by Crippen LogP contribution is 2.15. The molecule has 2 heterocycles. The van der Waals surface area contributed by atoms with Crippen LogP contribution in [-0.4, -0.2) is 69.7 Å². The molecule has 0 bridgehead atoms. The Morgan fingerprint density at radius 1 is 1.36 bits per heavy atom. The summed E-state index contributed by atoms with van der Waals surface area (Å²) in [6.07, 6.45) is 2.24. The molecule has 28 heavy (non-hydrogen) atoms. The number of nitrogens with zero attached hydrogens (tertiary/aromatic N) is 2. The van der Waals surface area contributed by atoms with Gasteiger partial charge in [0.05, 0.1) is 13.7 Å². The normalized spacial score (nSPS) is 16.8. The number of aromatic nitrogens is 2. The van der Waals surface area contributed by atoms with Crippen LogP contribution < -0.4 is 20.7 Å².